The van der Waals surface area contributed by atoms with Crippen LogP contribution in [0, 0.1) is 0 Å². The van der Waals surface area contributed by atoms with E-state index in [0.29, 0.717) is 0 Å². The first-order valence-electron chi connectivity index (χ1n) is 5.51. The number of rotatable bonds is 2. The van der Waals surface area contributed by atoms with Gasteiger partial charge in [0.15, 0.2) is 0 Å². The molecule has 0 saturated carbocycles. The zero-order chi connectivity index (χ0) is 14.4. The van der Waals surface area contributed by atoms with Crippen LogP contribution in [0.4, 0.5) is 0 Å². The Morgan fingerprint density at radius 2 is 2.11 bits per heavy atom. The van der Waals surface area contributed by atoms with Gasteiger partial charge in [0.2, 0.25) is 0 Å². The molecular formula is C10H14N2O7. The van der Waals surface area contributed by atoms with Gasteiger partial charge in [-0.15, -0.1) is 4.73 Å². The summed E-state index contributed by atoms with van der Waals surface area (Å²) in [5, 5.41) is 37.9. The van der Waals surface area contributed by atoms with Crippen molar-refractivity contribution in [1.29, 1.82) is 0 Å². The fourth-order valence-corrected chi connectivity index (χ4v) is 2.17. The van der Waals surface area contributed by atoms with Crippen molar-refractivity contribution in [3.8, 4) is 0 Å². The first kappa shape index (κ1) is 13.7. The van der Waals surface area contributed by atoms with Crippen LogP contribution >= 0.6 is 0 Å². The molecule has 2 heterocycles. The molecular weight excluding hydrogens is 260 g/mol. The summed E-state index contributed by atoms with van der Waals surface area (Å²) in [7, 11) is 0. The number of aromatic amines is 1. The average Bonchev–Trinajstić information content (AvgIpc) is 2.59. The smallest absolute Gasteiger partial charge is 0.361 e. The van der Waals surface area contributed by atoms with Gasteiger partial charge >= 0.3 is 5.69 Å². The minimum absolute atomic E-state index is 0.136. The summed E-state index contributed by atoms with van der Waals surface area (Å²) < 4.78 is 5.42. The third-order valence-electron chi connectivity index (χ3n) is 3.30. The molecule has 0 bridgehead atoms. The van der Waals surface area contributed by atoms with Crippen LogP contribution in [0.3, 0.4) is 0 Å². The molecule has 106 valence electrons. The van der Waals surface area contributed by atoms with Gasteiger partial charge in [-0.25, -0.2) is 4.79 Å². The van der Waals surface area contributed by atoms with E-state index in [-0.39, 0.29) is 10.3 Å². The lowest BCUT2D eigenvalue weighted by Gasteiger charge is -2.27. The molecule has 19 heavy (non-hydrogen) atoms. The van der Waals surface area contributed by atoms with Crippen LogP contribution in [0.15, 0.2) is 15.8 Å². The number of hydrogen-bond donors (Lipinski definition) is 5. The molecule has 0 unspecified atom stereocenters. The lowest BCUT2D eigenvalue weighted by Crippen LogP contribution is -2.44. The first-order chi connectivity index (χ1) is 8.81. The van der Waals surface area contributed by atoms with Crippen LogP contribution < -0.4 is 11.2 Å². The summed E-state index contributed by atoms with van der Waals surface area (Å²) in [5.74, 6) is 0. The van der Waals surface area contributed by atoms with Crippen molar-refractivity contribution in [3.05, 3.63) is 32.6 Å². The molecule has 1 aliphatic heterocycles. The van der Waals surface area contributed by atoms with Crippen molar-refractivity contribution in [2.24, 2.45) is 0 Å². The van der Waals surface area contributed by atoms with E-state index in [1.807, 2.05) is 4.98 Å². The van der Waals surface area contributed by atoms with Crippen LogP contribution in [0.5, 0.6) is 0 Å². The van der Waals surface area contributed by atoms with E-state index in [2.05, 4.69) is 0 Å². The van der Waals surface area contributed by atoms with Crippen molar-refractivity contribution < 1.29 is 25.3 Å². The quantitative estimate of drug-likeness (QED) is 0.364. The zero-order valence-electron chi connectivity index (χ0n) is 9.98. The Morgan fingerprint density at radius 3 is 2.63 bits per heavy atom. The Labute approximate surface area is 106 Å². The number of aliphatic hydroxyl groups is 3. The van der Waals surface area contributed by atoms with Gasteiger partial charge < -0.3 is 25.3 Å². The van der Waals surface area contributed by atoms with Gasteiger partial charge in [0, 0.05) is 0 Å². The number of nitrogens with zero attached hydrogens (tertiary/aromatic N) is 1. The zero-order valence-corrected chi connectivity index (χ0v) is 9.98. The molecule has 1 saturated heterocycles. The third kappa shape index (κ3) is 1.96. The standard InChI is InChI=1S/C10H14N2O7/c1-10(7(15)6(14)5(3-13)19-10)4-2-12(18)9(17)11-8(4)16/h2,5-7,13-15,18H,3H2,1H3,(H,11,16,17)/t5-,6-,7-,10+/m1/s1. The predicted octanol–water partition coefficient (Wildman–Crippen LogP) is -2.90. The SMILES string of the molecule is C[C@@]1(c2cn(O)c(=O)[nH]c2=O)O[C@H](CO)[C@@H](O)[C@H]1O. The summed E-state index contributed by atoms with van der Waals surface area (Å²) in [6.45, 7) is 0.760. The molecule has 9 nitrogen and oxygen atoms in total. The number of nitrogens with one attached hydrogen (secondary N) is 1. The molecule has 0 radical (unpaired) electrons. The van der Waals surface area contributed by atoms with Gasteiger partial charge in [0.25, 0.3) is 5.56 Å². The van der Waals surface area contributed by atoms with Gasteiger partial charge in [0.1, 0.15) is 23.9 Å². The van der Waals surface area contributed by atoms with Gasteiger partial charge in [0.05, 0.1) is 18.4 Å². The van der Waals surface area contributed by atoms with Crippen LogP contribution in [0.1, 0.15) is 12.5 Å². The molecule has 5 N–H and O–H groups in total. The van der Waals surface area contributed by atoms with E-state index >= 15 is 0 Å². The average molecular weight is 274 g/mol. The Bertz CT molecular complexity index is 594. The van der Waals surface area contributed by atoms with E-state index in [4.69, 9.17) is 9.84 Å². The highest BCUT2D eigenvalue weighted by Crippen LogP contribution is 2.37. The third-order valence-corrected chi connectivity index (χ3v) is 3.30. The van der Waals surface area contributed by atoms with Crippen LogP contribution in [-0.4, -0.2) is 55.2 Å². The number of aliphatic hydroxyl groups excluding tert-OH is 3. The predicted molar refractivity (Wildman–Crippen MR) is 59.8 cm³/mol. The molecule has 0 aromatic carbocycles. The molecule has 1 aromatic rings. The van der Waals surface area contributed by atoms with Crippen molar-refractivity contribution >= 4 is 0 Å². The fourth-order valence-electron chi connectivity index (χ4n) is 2.17. The Kier molecular flexibility index (Phi) is 3.22. The summed E-state index contributed by atoms with van der Waals surface area (Å²) in [5.41, 5.74) is -3.79. The maximum absolute atomic E-state index is 11.7. The lowest BCUT2D eigenvalue weighted by molar-refractivity contribution is -0.0875. The first-order valence-corrected chi connectivity index (χ1v) is 5.51. The monoisotopic (exact) mass is 274 g/mol. The maximum atomic E-state index is 11.7. The summed E-state index contributed by atoms with van der Waals surface area (Å²) >= 11 is 0. The van der Waals surface area contributed by atoms with E-state index in [9.17, 15) is 25.0 Å². The van der Waals surface area contributed by atoms with E-state index in [0.717, 1.165) is 6.20 Å². The molecule has 1 fully saturated rings. The molecule has 0 aliphatic carbocycles. The molecule has 9 heteroatoms. The molecule has 0 spiro atoms. The Balaban J connectivity index is 2.55. The Morgan fingerprint density at radius 1 is 1.47 bits per heavy atom. The number of hydrogen-bond acceptors (Lipinski definition) is 7. The second kappa shape index (κ2) is 4.46. The van der Waals surface area contributed by atoms with Crippen molar-refractivity contribution in [2.75, 3.05) is 6.61 Å². The van der Waals surface area contributed by atoms with E-state index < -0.39 is 41.8 Å². The topological polar surface area (TPSA) is 145 Å². The molecule has 1 aliphatic rings. The Hall–Kier alpha value is -1.68. The van der Waals surface area contributed by atoms with Gasteiger partial charge in [-0.2, -0.15) is 0 Å². The number of H-pyrrole nitrogens is 1. The highest BCUT2D eigenvalue weighted by Gasteiger charge is 2.53. The molecule has 0 amide bonds. The van der Waals surface area contributed by atoms with Gasteiger partial charge in [-0.05, 0) is 6.92 Å². The van der Waals surface area contributed by atoms with E-state index in [1.54, 1.807) is 0 Å². The van der Waals surface area contributed by atoms with Crippen LogP contribution in [0.2, 0.25) is 0 Å². The summed E-state index contributed by atoms with van der Waals surface area (Å²) in [6.07, 6.45) is -3.16. The summed E-state index contributed by atoms with van der Waals surface area (Å²) in [4.78, 5) is 24.6. The van der Waals surface area contributed by atoms with Crippen LogP contribution in [-0.2, 0) is 10.3 Å². The van der Waals surface area contributed by atoms with Crippen molar-refractivity contribution in [2.45, 2.75) is 30.8 Å². The summed E-state index contributed by atoms with van der Waals surface area (Å²) in [6, 6.07) is 0. The number of ether oxygens (including phenoxy) is 1. The molecule has 4 atom stereocenters. The van der Waals surface area contributed by atoms with Crippen molar-refractivity contribution in [3.63, 3.8) is 0 Å². The van der Waals surface area contributed by atoms with Crippen molar-refractivity contribution in [1.82, 2.24) is 9.71 Å². The lowest BCUT2D eigenvalue weighted by atomic mass is 9.90. The largest absolute Gasteiger partial charge is 0.424 e. The van der Waals surface area contributed by atoms with E-state index in [1.165, 1.54) is 6.92 Å². The molecule has 2 rings (SSSR count). The second-order valence-electron chi connectivity index (χ2n) is 4.53. The maximum Gasteiger partial charge on any atom is 0.361 e. The number of aromatic nitrogens is 2. The molecule has 1 aromatic heterocycles. The van der Waals surface area contributed by atoms with Gasteiger partial charge in [-0.3, -0.25) is 9.78 Å². The fraction of sp³-hybridized carbons (Fsp3) is 0.600. The highest BCUT2D eigenvalue weighted by molar-refractivity contribution is 5.20. The van der Waals surface area contributed by atoms with Gasteiger partial charge in [-0.1, -0.05) is 0 Å². The normalized spacial score (nSPS) is 34.6. The minimum Gasteiger partial charge on any atom is -0.424 e. The minimum atomic E-state index is -1.65. The highest BCUT2D eigenvalue weighted by atomic mass is 16.6. The second-order valence-corrected chi connectivity index (χ2v) is 4.53. The van der Waals surface area contributed by atoms with Crippen LogP contribution in [0.25, 0.3) is 0 Å².